The Morgan fingerprint density at radius 1 is 1.55 bits per heavy atom. The number of carbonyl (C=O) groups is 1. The minimum Gasteiger partial charge on any atom is -0.480 e. The SMILES string of the molecule is C=CCN(CC(=O)O)c1nc(C(F)(F)F)ccc1C#N. The second kappa shape index (κ2) is 6.06. The Hall–Kier alpha value is -2.56. The van der Waals surface area contributed by atoms with Crippen molar-refractivity contribution in [2.75, 3.05) is 18.0 Å². The molecule has 1 heterocycles. The van der Waals surface area contributed by atoms with Gasteiger partial charge in [-0.05, 0) is 12.1 Å². The molecule has 0 aliphatic heterocycles. The van der Waals surface area contributed by atoms with Gasteiger partial charge in [0.1, 0.15) is 24.1 Å². The molecule has 8 heteroatoms. The largest absolute Gasteiger partial charge is 0.480 e. The van der Waals surface area contributed by atoms with Gasteiger partial charge in [-0.2, -0.15) is 18.4 Å². The van der Waals surface area contributed by atoms with Gasteiger partial charge in [0.05, 0.1) is 5.56 Å². The maximum absolute atomic E-state index is 12.6. The van der Waals surface area contributed by atoms with Gasteiger partial charge in [0.25, 0.3) is 0 Å². The van der Waals surface area contributed by atoms with E-state index in [4.69, 9.17) is 10.4 Å². The Bertz CT molecular complexity index is 564. The number of pyridine rings is 1. The van der Waals surface area contributed by atoms with E-state index in [2.05, 4.69) is 11.6 Å². The Labute approximate surface area is 112 Å². The number of halogens is 3. The molecule has 0 aromatic carbocycles. The molecule has 0 amide bonds. The molecule has 0 fully saturated rings. The molecule has 106 valence electrons. The molecular weight excluding hydrogens is 275 g/mol. The Morgan fingerprint density at radius 3 is 2.65 bits per heavy atom. The van der Waals surface area contributed by atoms with E-state index in [1.54, 1.807) is 6.07 Å². The fourth-order valence-corrected chi connectivity index (χ4v) is 1.48. The lowest BCUT2D eigenvalue weighted by molar-refractivity contribution is -0.141. The summed E-state index contributed by atoms with van der Waals surface area (Å²) >= 11 is 0. The van der Waals surface area contributed by atoms with E-state index in [-0.39, 0.29) is 17.9 Å². The van der Waals surface area contributed by atoms with Crippen molar-refractivity contribution in [3.8, 4) is 6.07 Å². The smallest absolute Gasteiger partial charge is 0.433 e. The van der Waals surface area contributed by atoms with E-state index in [0.717, 1.165) is 11.0 Å². The third-order valence-electron chi connectivity index (χ3n) is 2.26. The minimum absolute atomic E-state index is 0.0463. The summed E-state index contributed by atoms with van der Waals surface area (Å²) in [5, 5.41) is 17.6. The van der Waals surface area contributed by atoms with Crippen molar-refractivity contribution >= 4 is 11.8 Å². The summed E-state index contributed by atoms with van der Waals surface area (Å²) in [5.74, 6) is -1.58. The molecule has 0 saturated heterocycles. The van der Waals surface area contributed by atoms with Gasteiger partial charge < -0.3 is 10.0 Å². The summed E-state index contributed by atoms with van der Waals surface area (Å²) in [6, 6.07) is 3.32. The van der Waals surface area contributed by atoms with Gasteiger partial charge in [-0.25, -0.2) is 4.98 Å². The van der Waals surface area contributed by atoms with Gasteiger partial charge in [-0.3, -0.25) is 4.79 Å². The van der Waals surface area contributed by atoms with Crippen LogP contribution in [0.25, 0.3) is 0 Å². The number of hydrogen-bond donors (Lipinski definition) is 1. The predicted octanol–water partition coefficient (Wildman–Crippen LogP) is 2.05. The van der Waals surface area contributed by atoms with Crippen LogP contribution in [0.15, 0.2) is 24.8 Å². The normalized spacial score (nSPS) is 10.7. The van der Waals surface area contributed by atoms with E-state index in [1.807, 2.05) is 0 Å². The molecule has 0 bridgehead atoms. The second-order valence-electron chi connectivity index (χ2n) is 3.74. The van der Waals surface area contributed by atoms with Crippen molar-refractivity contribution in [3.05, 3.63) is 36.0 Å². The van der Waals surface area contributed by atoms with Crippen molar-refractivity contribution in [1.82, 2.24) is 4.98 Å². The summed E-state index contributed by atoms with van der Waals surface area (Å²) in [4.78, 5) is 15.1. The van der Waals surface area contributed by atoms with Crippen LogP contribution in [0.2, 0.25) is 0 Å². The van der Waals surface area contributed by atoms with Gasteiger partial charge in [-0.1, -0.05) is 6.08 Å². The van der Waals surface area contributed by atoms with Crippen molar-refractivity contribution in [1.29, 1.82) is 5.26 Å². The van der Waals surface area contributed by atoms with Gasteiger partial charge in [0.15, 0.2) is 0 Å². The number of nitrogens with zero attached hydrogens (tertiary/aromatic N) is 3. The van der Waals surface area contributed by atoms with Crippen LogP contribution < -0.4 is 4.90 Å². The Kier molecular flexibility index (Phi) is 4.69. The first-order valence-corrected chi connectivity index (χ1v) is 5.35. The first-order valence-electron chi connectivity index (χ1n) is 5.35. The third-order valence-corrected chi connectivity index (χ3v) is 2.26. The molecule has 0 radical (unpaired) electrons. The van der Waals surface area contributed by atoms with Crippen molar-refractivity contribution < 1.29 is 23.1 Å². The number of aliphatic carboxylic acids is 1. The third kappa shape index (κ3) is 3.71. The standard InChI is InChI=1S/C12H10F3N3O2/c1-2-5-18(7-10(19)20)11-8(6-16)3-4-9(17-11)12(13,14)15/h2-4H,1,5,7H2,(H,19,20). The molecule has 1 N–H and O–H groups in total. The lowest BCUT2D eigenvalue weighted by Gasteiger charge is -2.21. The number of alkyl halides is 3. The number of aromatic nitrogens is 1. The van der Waals surface area contributed by atoms with E-state index >= 15 is 0 Å². The number of rotatable bonds is 5. The number of carboxylic acids is 1. The zero-order valence-corrected chi connectivity index (χ0v) is 10.2. The van der Waals surface area contributed by atoms with Crippen LogP contribution in [-0.2, 0) is 11.0 Å². The van der Waals surface area contributed by atoms with Crippen LogP contribution in [-0.4, -0.2) is 29.1 Å². The van der Waals surface area contributed by atoms with E-state index < -0.39 is 24.4 Å². The first kappa shape index (κ1) is 15.5. The van der Waals surface area contributed by atoms with Crippen LogP contribution >= 0.6 is 0 Å². The Balaban J connectivity index is 3.33. The molecule has 1 aromatic rings. The maximum atomic E-state index is 12.6. The fraction of sp³-hybridized carbons (Fsp3) is 0.250. The predicted molar refractivity (Wildman–Crippen MR) is 64.0 cm³/mol. The molecule has 0 spiro atoms. The zero-order valence-electron chi connectivity index (χ0n) is 10.2. The van der Waals surface area contributed by atoms with E-state index in [0.29, 0.717) is 6.07 Å². The molecule has 5 nitrogen and oxygen atoms in total. The van der Waals surface area contributed by atoms with Gasteiger partial charge in [0, 0.05) is 6.54 Å². The van der Waals surface area contributed by atoms with Crippen LogP contribution in [0.5, 0.6) is 0 Å². The monoisotopic (exact) mass is 285 g/mol. The van der Waals surface area contributed by atoms with E-state index in [9.17, 15) is 18.0 Å². The molecule has 0 saturated carbocycles. The highest BCUT2D eigenvalue weighted by molar-refractivity contribution is 5.74. The topological polar surface area (TPSA) is 77.2 Å². The van der Waals surface area contributed by atoms with Gasteiger partial charge in [0.2, 0.25) is 0 Å². The first-order chi connectivity index (χ1) is 9.29. The lowest BCUT2D eigenvalue weighted by atomic mass is 10.2. The average Bonchev–Trinajstić information content (AvgIpc) is 2.36. The molecule has 0 aliphatic carbocycles. The number of hydrogen-bond acceptors (Lipinski definition) is 4. The van der Waals surface area contributed by atoms with Gasteiger partial charge in [-0.15, -0.1) is 6.58 Å². The Morgan fingerprint density at radius 2 is 2.20 bits per heavy atom. The van der Waals surface area contributed by atoms with Crippen LogP contribution in [0.1, 0.15) is 11.3 Å². The van der Waals surface area contributed by atoms with Gasteiger partial charge >= 0.3 is 12.1 Å². The zero-order chi connectivity index (χ0) is 15.3. The van der Waals surface area contributed by atoms with Crippen LogP contribution in [0.3, 0.4) is 0 Å². The summed E-state index contributed by atoms with van der Waals surface area (Å²) in [6.07, 6.45) is -3.36. The molecule has 0 aliphatic rings. The van der Waals surface area contributed by atoms with Crippen LogP contribution in [0, 0.1) is 11.3 Å². The second-order valence-corrected chi connectivity index (χ2v) is 3.74. The molecule has 1 rings (SSSR count). The highest BCUT2D eigenvalue weighted by atomic mass is 19.4. The summed E-state index contributed by atoms with van der Waals surface area (Å²) in [5.41, 5.74) is -1.33. The van der Waals surface area contributed by atoms with Crippen molar-refractivity contribution in [2.45, 2.75) is 6.18 Å². The maximum Gasteiger partial charge on any atom is 0.433 e. The molecule has 1 aromatic heterocycles. The summed E-state index contributed by atoms with van der Waals surface area (Å²) < 4.78 is 37.8. The van der Waals surface area contributed by atoms with Crippen molar-refractivity contribution in [3.63, 3.8) is 0 Å². The molecule has 0 unspecified atom stereocenters. The van der Waals surface area contributed by atoms with E-state index in [1.165, 1.54) is 6.08 Å². The number of carboxylic acid groups (broad SMARTS) is 1. The fourth-order valence-electron chi connectivity index (χ4n) is 1.48. The van der Waals surface area contributed by atoms with Crippen molar-refractivity contribution in [2.24, 2.45) is 0 Å². The number of anilines is 1. The molecule has 20 heavy (non-hydrogen) atoms. The lowest BCUT2D eigenvalue weighted by Crippen LogP contribution is -2.31. The summed E-state index contributed by atoms with van der Waals surface area (Å²) in [7, 11) is 0. The average molecular weight is 285 g/mol. The molecular formula is C12H10F3N3O2. The minimum atomic E-state index is -4.67. The summed E-state index contributed by atoms with van der Waals surface area (Å²) in [6.45, 7) is 2.76. The highest BCUT2D eigenvalue weighted by Gasteiger charge is 2.33. The molecule has 0 atom stereocenters. The number of nitriles is 1. The quantitative estimate of drug-likeness (QED) is 0.838. The highest BCUT2D eigenvalue weighted by Crippen LogP contribution is 2.30. The van der Waals surface area contributed by atoms with Crippen LogP contribution in [0.4, 0.5) is 19.0 Å².